The van der Waals surface area contributed by atoms with Gasteiger partial charge in [-0.2, -0.15) is 0 Å². The van der Waals surface area contributed by atoms with Crippen molar-refractivity contribution in [1.82, 2.24) is 20.6 Å². The minimum atomic E-state index is -0.923. The minimum Gasteiger partial charge on any atom is -0.481 e. The highest BCUT2D eigenvalue weighted by Crippen LogP contribution is 2.29. The molecule has 0 saturated carbocycles. The molecule has 2 unspecified atom stereocenters. The number of benzene rings is 1. The average Bonchev–Trinajstić information content (AvgIpc) is 2.76. The summed E-state index contributed by atoms with van der Waals surface area (Å²) in [5.74, 6) is -1.68. The predicted molar refractivity (Wildman–Crippen MR) is 117 cm³/mol. The number of carbonyl (C=O) groups is 1. The lowest BCUT2D eigenvalue weighted by Crippen LogP contribution is -2.39. The van der Waals surface area contributed by atoms with Gasteiger partial charge in [-0.05, 0) is 42.0 Å². The molecule has 30 heavy (non-hydrogen) atoms. The van der Waals surface area contributed by atoms with E-state index in [0.717, 1.165) is 17.0 Å². The Morgan fingerprint density at radius 2 is 1.60 bits per heavy atom. The smallest absolute Gasteiger partial charge is 0.309 e. The molecule has 0 bridgehead atoms. The third kappa shape index (κ3) is 6.24. The van der Waals surface area contributed by atoms with Gasteiger partial charge in [0.05, 0.1) is 27.4 Å². The zero-order chi connectivity index (χ0) is 21.3. The monoisotopic (exact) mass is 444 g/mol. The lowest BCUT2D eigenvalue weighted by molar-refractivity contribution is -0.142. The Morgan fingerprint density at radius 3 is 2.17 bits per heavy atom. The van der Waals surface area contributed by atoms with E-state index in [1.54, 1.807) is 30.6 Å². The Bertz CT molecular complexity index is 958. The summed E-state index contributed by atoms with van der Waals surface area (Å²) >= 11 is 12.3. The van der Waals surface area contributed by atoms with E-state index in [1.165, 1.54) is 0 Å². The van der Waals surface area contributed by atoms with Crippen molar-refractivity contribution in [2.45, 2.75) is 19.1 Å². The molecule has 8 heteroatoms. The number of rotatable bonds is 10. The van der Waals surface area contributed by atoms with Gasteiger partial charge in [0.25, 0.3) is 0 Å². The molecule has 0 saturated heterocycles. The Balaban J connectivity index is 1.78. The summed E-state index contributed by atoms with van der Waals surface area (Å²) in [5, 5.41) is 17.3. The number of halogens is 2. The van der Waals surface area contributed by atoms with Gasteiger partial charge in [-0.1, -0.05) is 41.4 Å². The van der Waals surface area contributed by atoms with Crippen molar-refractivity contribution >= 4 is 29.2 Å². The van der Waals surface area contributed by atoms with E-state index in [2.05, 4.69) is 20.6 Å². The summed E-state index contributed by atoms with van der Waals surface area (Å²) in [6.07, 6.45) is 3.41. The number of aromatic nitrogens is 2. The third-order valence-electron chi connectivity index (χ3n) is 4.65. The van der Waals surface area contributed by atoms with Crippen LogP contribution in [0.25, 0.3) is 0 Å². The number of hydrogen-bond acceptors (Lipinski definition) is 5. The highest BCUT2D eigenvalue weighted by atomic mass is 35.5. The van der Waals surface area contributed by atoms with Gasteiger partial charge in [-0.3, -0.25) is 14.8 Å². The normalized spacial score (nSPS) is 13.0. The van der Waals surface area contributed by atoms with E-state index in [9.17, 15) is 9.90 Å². The zero-order valence-electron chi connectivity index (χ0n) is 16.1. The molecule has 0 amide bonds. The molecule has 0 spiro atoms. The fourth-order valence-corrected chi connectivity index (χ4v) is 3.43. The molecule has 3 aromatic rings. The van der Waals surface area contributed by atoms with Gasteiger partial charge in [-0.25, -0.2) is 0 Å². The van der Waals surface area contributed by atoms with Gasteiger partial charge >= 0.3 is 5.97 Å². The van der Waals surface area contributed by atoms with Gasteiger partial charge in [0.2, 0.25) is 0 Å². The maximum absolute atomic E-state index is 12.1. The van der Waals surface area contributed by atoms with Crippen molar-refractivity contribution in [3.8, 4) is 0 Å². The van der Waals surface area contributed by atoms with Crippen LogP contribution in [0.5, 0.6) is 0 Å². The summed E-state index contributed by atoms with van der Waals surface area (Å²) in [6.45, 7) is 1.13. The number of aliphatic carboxylic acids is 1. The van der Waals surface area contributed by atoms with Crippen LogP contribution in [0.15, 0.2) is 67.0 Å². The molecule has 2 heterocycles. The highest BCUT2D eigenvalue weighted by Gasteiger charge is 2.29. The molecule has 0 aliphatic heterocycles. The Morgan fingerprint density at radius 1 is 0.933 bits per heavy atom. The average molecular weight is 445 g/mol. The number of carboxylic acid groups (broad SMARTS) is 1. The summed E-state index contributed by atoms with van der Waals surface area (Å²) in [5.41, 5.74) is 2.40. The Labute approximate surface area is 185 Å². The lowest BCUT2D eigenvalue weighted by atomic mass is 9.92. The first-order valence-corrected chi connectivity index (χ1v) is 10.2. The molecule has 3 rings (SSSR count). The molecule has 0 aliphatic carbocycles. The molecular formula is C22H22Cl2N4O2. The molecule has 156 valence electrons. The maximum Gasteiger partial charge on any atom is 0.309 e. The van der Waals surface area contributed by atoms with E-state index in [0.29, 0.717) is 23.1 Å². The number of hydrogen-bond donors (Lipinski definition) is 3. The molecular weight excluding hydrogens is 423 g/mol. The second kappa shape index (κ2) is 11.0. The topological polar surface area (TPSA) is 87.1 Å². The Kier molecular flexibility index (Phi) is 8.16. The van der Waals surface area contributed by atoms with Crippen LogP contribution < -0.4 is 10.6 Å². The first-order valence-electron chi connectivity index (χ1n) is 9.46. The SMILES string of the molecule is O=C(O)C(CNCc1ccccn1)C(NCc1ccccn1)c1ccc(Cl)c(Cl)c1. The van der Waals surface area contributed by atoms with Crippen molar-refractivity contribution < 1.29 is 9.90 Å². The fraction of sp³-hybridized carbons (Fsp3) is 0.227. The molecule has 3 N–H and O–H groups in total. The van der Waals surface area contributed by atoms with Crippen LogP contribution in [0.2, 0.25) is 10.0 Å². The first kappa shape index (κ1) is 22.2. The van der Waals surface area contributed by atoms with Crippen LogP contribution in [-0.4, -0.2) is 27.6 Å². The lowest BCUT2D eigenvalue weighted by Gasteiger charge is -2.26. The third-order valence-corrected chi connectivity index (χ3v) is 5.39. The second-order valence-electron chi connectivity index (χ2n) is 6.75. The zero-order valence-corrected chi connectivity index (χ0v) is 17.6. The van der Waals surface area contributed by atoms with E-state index < -0.39 is 17.9 Å². The Hall–Kier alpha value is -2.51. The van der Waals surface area contributed by atoms with Crippen LogP contribution in [-0.2, 0) is 17.9 Å². The van der Waals surface area contributed by atoms with Crippen molar-refractivity contribution in [2.75, 3.05) is 6.54 Å². The summed E-state index contributed by atoms with van der Waals surface area (Å²) in [6, 6.07) is 15.9. The van der Waals surface area contributed by atoms with Gasteiger partial charge in [0.1, 0.15) is 0 Å². The highest BCUT2D eigenvalue weighted by molar-refractivity contribution is 6.42. The van der Waals surface area contributed by atoms with Crippen molar-refractivity contribution in [3.05, 3.63) is 94.0 Å². The first-order chi connectivity index (χ1) is 14.5. The summed E-state index contributed by atoms with van der Waals surface area (Å²) < 4.78 is 0. The number of nitrogens with one attached hydrogen (secondary N) is 2. The van der Waals surface area contributed by atoms with E-state index >= 15 is 0 Å². The largest absolute Gasteiger partial charge is 0.481 e. The standard InChI is InChI=1S/C22H22Cl2N4O2/c23-19-8-7-15(11-20(19)24)21(28-13-17-6-2-4-10-27-17)18(22(29)30)14-25-12-16-5-1-3-9-26-16/h1-11,18,21,25,28H,12-14H2,(H,29,30). The molecule has 6 nitrogen and oxygen atoms in total. The molecule has 0 radical (unpaired) electrons. The van der Waals surface area contributed by atoms with Crippen LogP contribution in [0.4, 0.5) is 0 Å². The van der Waals surface area contributed by atoms with Gasteiger partial charge in [-0.15, -0.1) is 0 Å². The molecule has 0 fully saturated rings. The predicted octanol–water partition coefficient (Wildman–Crippen LogP) is 4.10. The van der Waals surface area contributed by atoms with E-state index in [4.69, 9.17) is 23.2 Å². The quantitative estimate of drug-likeness (QED) is 0.436. The fourth-order valence-electron chi connectivity index (χ4n) is 3.12. The van der Waals surface area contributed by atoms with Crippen molar-refractivity contribution in [1.29, 1.82) is 0 Å². The van der Waals surface area contributed by atoms with Crippen molar-refractivity contribution in [2.24, 2.45) is 5.92 Å². The van der Waals surface area contributed by atoms with Crippen LogP contribution in [0.3, 0.4) is 0 Å². The van der Waals surface area contributed by atoms with E-state index in [-0.39, 0.29) is 6.54 Å². The van der Waals surface area contributed by atoms with Gasteiger partial charge in [0.15, 0.2) is 0 Å². The van der Waals surface area contributed by atoms with Crippen LogP contribution in [0.1, 0.15) is 23.0 Å². The van der Waals surface area contributed by atoms with Crippen LogP contribution in [0, 0.1) is 5.92 Å². The van der Waals surface area contributed by atoms with Crippen molar-refractivity contribution in [3.63, 3.8) is 0 Å². The molecule has 2 atom stereocenters. The second-order valence-corrected chi connectivity index (χ2v) is 7.56. The summed E-state index contributed by atoms with van der Waals surface area (Å²) in [7, 11) is 0. The summed E-state index contributed by atoms with van der Waals surface area (Å²) in [4.78, 5) is 20.7. The van der Waals surface area contributed by atoms with Gasteiger partial charge in [0, 0.05) is 38.1 Å². The number of carboxylic acids is 1. The van der Waals surface area contributed by atoms with E-state index in [1.807, 2.05) is 36.4 Å². The molecule has 0 aliphatic rings. The molecule has 2 aromatic heterocycles. The number of nitrogens with zero attached hydrogens (tertiary/aromatic N) is 2. The number of pyridine rings is 2. The van der Waals surface area contributed by atoms with Crippen LogP contribution >= 0.6 is 23.2 Å². The molecule has 1 aromatic carbocycles. The van der Waals surface area contributed by atoms with Gasteiger partial charge < -0.3 is 15.7 Å². The minimum absolute atomic E-state index is 0.242. The maximum atomic E-state index is 12.1.